The first kappa shape index (κ1) is 9.56. The van der Waals surface area contributed by atoms with Gasteiger partial charge in [0.15, 0.2) is 0 Å². The van der Waals surface area contributed by atoms with Crippen molar-refractivity contribution in [3.05, 3.63) is 30.3 Å². The van der Waals surface area contributed by atoms with Crippen LogP contribution in [0.3, 0.4) is 0 Å². The van der Waals surface area contributed by atoms with Crippen LogP contribution in [0.5, 0.6) is 0 Å². The van der Waals surface area contributed by atoms with Crippen molar-refractivity contribution in [2.24, 2.45) is 0 Å². The van der Waals surface area contributed by atoms with Crippen molar-refractivity contribution >= 4 is 24.2 Å². The minimum atomic E-state index is 1.24. The topological polar surface area (TPSA) is 0 Å². The third kappa shape index (κ3) is 5.03. The first-order valence-electron chi connectivity index (χ1n) is 2.33. The van der Waals surface area contributed by atoms with Crippen LogP contribution in [-0.4, -0.2) is 0 Å². The molecule has 3 heteroatoms. The van der Waals surface area contributed by atoms with E-state index in [-0.39, 0.29) is 0 Å². The monoisotopic (exact) mass is 248 g/mol. The zero-order valence-electron chi connectivity index (χ0n) is 4.68. The van der Waals surface area contributed by atoms with Gasteiger partial charge in [0.1, 0.15) is 0 Å². The average Bonchev–Trinajstić information content (AvgIpc) is 1.94. The van der Waals surface area contributed by atoms with E-state index in [1.165, 1.54) is 5.30 Å². The van der Waals surface area contributed by atoms with Gasteiger partial charge in [-0.15, -0.1) is 9.24 Å². The van der Waals surface area contributed by atoms with Crippen LogP contribution in [0.1, 0.15) is 0 Å². The summed E-state index contributed by atoms with van der Waals surface area (Å²) >= 11 is 2.02. The summed E-state index contributed by atoms with van der Waals surface area (Å²) < 4.78 is 0. The normalized spacial score (nSPS) is 7.56. The number of benzene rings is 1. The number of rotatable bonds is 0. The first-order chi connectivity index (χ1) is 4.39. The van der Waals surface area contributed by atoms with Gasteiger partial charge in [-0.1, -0.05) is 30.3 Å². The predicted molar refractivity (Wildman–Crippen MR) is 41.6 cm³/mol. The van der Waals surface area contributed by atoms with Gasteiger partial charge in [-0.05, 0) is 5.30 Å². The molecule has 0 amide bonds. The van der Waals surface area contributed by atoms with E-state index < -0.39 is 0 Å². The van der Waals surface area contributed by atoms with Gasteiger partial charge in [0.05, 0.1) is 0 Å². The summed E-state index contributed by atoms with van der Waals surface area (Å²) in [4.78, 5) is 0. The molecule has 0 aromatic heterocycles. The Morgan fingerprint density at radius 3 is 1.78 bits per heavy atom. The van der Waals surface area contributed by atoms with Crippen LogP contribution >= 0.6 is 18.9 Å². The molecule has 0 heterocycles. The molecule has 9 heavy (non-hydrogen) atoms. The summed E-state index contributed by atoms with van der Waals surface area (Å²) in [5.41, 5.74) is 0. The average molecular weight is 248 g/mol. The summed E-state index contributed by atoms with van der Waals surface area (Å²) in [6, 6.07) is 10.1. The van der Waals surface area contributed by atoms with Gasteiger partial charge in [-0.3, -0.25) is 0 Å². The van der Waals surface area contributed by atoms with E-state index in [0.29, 0.717) is 0 Å². The zero-order valence-corrected chi connectivity index (χ0v) is 8.22. The van der Waals surface area contributed by atoms with Gasteiger partial charge in [0, 0.05) is 0 Å². The van der Waals surface area contributed by atoms with Gasteiger partial charge in [0.25, 0.3) is 0 Å². The Balaban J connectivity index is 0.000000291. The number of hydrogen-bond acceptors (Lipinski definition) is 0. The SMILES string of the molecule is Pc1ccccc1.[Cl][Rh]. The van der Waals surface area contributed by atoms with Crippen LogP contribution in [0.4, 0.5) is 0 Å². The standard InChI is InChI=1S/C6H7P.ClH.Rh/c7-6-4-2-1-3-5-6;;/h1-5H,7H2;1H;/q;;+1/p-1. The molecular weight excluding hydrogens is 241 g/mol. The van der Waals surface area contributed by atoms with Crippen molar-refractivity contribution in [3.63, 3.8) is 0 Å². The summed E-state index contributed by atoms with van der Waals surface area (Å²) in [5, 5.41) is 1.24. The van der Waals surface area contributed by atoms with Crippen LogP contribution in [0.15, 0.2) is 30.3 Å². The fourth-order valence-corrected chi connectivity index (χ4v) is 0.675. The van der Waals surface area contributed by atoms with E-state index in [0.717, 1.165) is 0 Å². The molecule has 0 N–H and O–H groups in total. The molecule has 0 spiro atoms. The Labute approximate surface area is 71.9 Å². The van der Waals surface area contributed by atoms with Gasteiger partial charge >= 0.3 is 27.0 Å². The Morgan fingerprint density at radius 2 is 1.56 bits per heavy atom. The van der Waals surface area contributed by atoms with Crippen molar-refractivity contribution in [2.45, 2.75) is 0 Å². The molecule has 0 aliphatic carbocycles. The van der Waals surface area contributed by atoms with Crippen molar-refractivity contribution < 1.29 is 17.3 Å². The van der Waals surface area contributed by atoms with Crippen molar-refractivity contribution in [1.82, 2.24) is 0 Å². The zero-order chi connectivity index (χ0) is 7.11. The van der Waals surface area contributed by atoms with Crippen molar-refractivity contribution in [3.8, 4) is 0 Å². The first-order valence-corrected chi connectivity index (χ1v) is 5.01. The molecule has 0 saturated heterocycles. The molecule has 0 saturated carbocycles. The summed E-state index contributed by atoms with van der Waals surface area (Å²) in [6.07, 6.45) is 0. The Kier molecular flexibility index (Phi) is 7.10. The Hall–Kier alpha value is 0.563. The summed E-state index contributed by atoms with van der Waals surface area (Å²) in [6.45, 7) is 0. The van der Waals surface area contributed by atoms with Gasteiger partial charge in [0.2, 0.25) is 0 Å². The third-order valence-electron chi connectivity index (χ3n) is 0.800. The van der Waals surface area contributed by atoms with Crippen LogP contribution in [0, 0.1) is 0 Å². The molecule has 1 aromatic rings. The van der Waals surface area contributed by atoms with Crippen molar-refractivity contribution in [1.29, 1.82) is 0 Å². The molecule has 0 aliphatic rings. The molecular formula is C6H7ClPRh. The van der Waals surface area contributed by atoms with Gasteiger partial charge < -0.3 is 0 Å². The third-order valence-corrected chi connectivity index (χ3v) is 1.18. The van der Waals surface area contributed by atoms with E-state index in [9.17, 15) is 0 Å². The molecule has 0 aliphatic heterocycles. The Morgan fingerprint density at radius 1 is 1.11 bits per heavy atom. The number of halogens is 1. The van der Waals surface area contributed by atoms with E-state index in [1.807, 2.05) is 47.6 Å². The van der Waals surface area contributed by atoms with Crippen LogP contribution in [0.25, 0.3) is 0 Å². The van der Waals surface area contributed by atoms with E-state index >= 15 is 0 Å². The molecule has 0 bridgehead atoms. The number of hydrogen-bond donors (Lipinski definition) is 0. The quantitative estimate of drug-likeness (QED) is 0.486. The van der Waals surface area contributed by atoms with Gasteiger partial charge in [-0.2, -0.15) is 0 Å². The van der Waals surface area contributed by atoms with E-state index in [2.05, 4.69) is 18.9 Å². The Bertz CT molecular complexity index is 143. The molecule has 0 nitrogen and oxygen atoms in total. The van der Waals surface area contributed by atoms with Crippen LogP contribution in [-0.2, 0) is 17.3 Å². The van der Waals surface area contributed by atoms with Crippen LogP contribution < -0.4 is 5.30 Å². The second-order valence-corrected chi connectivity index (χ2v) is 2.08. The van der Waals surface area contributed by atoms with E-state index in [1.54, 1.807) is 0 Å². The molecule has 52 valence electrons. The molecule has 1 unspecified atom stereocenters. The van der Waals surface area contributed by atoms with Gasteiger partial charge in [-0.25, -0.2) is 0 Å². The fraction of sp³-hybridized carbons (Fsp3) is 0. The molecule has 1 atom stereocenters. The van der Waals surface area contributed by atoms with E-state index in [4.69, 9.17) is 0 Å². The molecule has 1 rings (SSSR count). The molecule has 1 aromatic carbocycles. The fourth-order valence-electron chi connectivity index (χ4n) is 0.453. The second-order valence-electron chi connectivity index (χ2n) is 1.41. The molecule has 0 radical (unpaired) electrons. The minimum absolute atomic E-state index is 1.24. The summed E-state index contributed by atoms with van der Waals surface area (Å²) in [7, 11) is 7.16. The van der Waals surface area contributed by atoms with Crippen LogP contribution in [0.2, 0.25) is 0 Å². The summed E-state index contributed by atoms with van der Waals surface area (Å²) in [5.74, 6) is 0. The predicted octanol–water partition coefficient (Wildman–Crippen LogP) is 1.87. The molecule has 0 fully saturated rings. The van der Waals surface area contributed by atoms with Crippen molar-refractivity contribution in [2.75, 3.05) is 0 Å². The maximum atomic E-state index is 4.53. The second kappa shape index (κ2) is 6.68. The maximum absolute atomic E-state index is 4.53.